The molecule has 0 saturated heterocycles. The van der Waals surface area contributed by atoms with Crippen LogP contribution < -0.4 is 5.32 Å². The van der Waals surface area contributed by atoms with Crippen LogP contribution in [0.2, 0.25) is 0 Å². The second-order valence-corrected chi connectivity index (χ2v) is 4.46. The third kappa shape index (κ3) is 3.65. The van der Waals surface area contributed by atoms with E-state index in [-0.39, 0.29) is 24.1 Å². The van der Waals surface area contributed by atoms with Crippen molar-refractivity contribution < 1.29 is 14.3 Å². The average molecular weight is 273 g/mol. The summed E-state index contributed by atoms with van der Waals surface area (Å²) < 4.78 is 13.1. The number of hydrogen-bond donors (Lipinski definition) is 2. The zero-order valence-corrected chi connectivity index (χ0v) is 10.9. The molecule has 0 aliphatic carbocycles. The molecular weight excluding hydrogens is 257 g/mol. The van der Waals surface area contributed by atoms with Gasteiger partial charge in [0.25, 0.3) is 5.91 Å². The Morgan fingerprint density at radius 1 is 1.15 bits per heavy atom. The smallest absolute Gasteiger partial charge is 0.251 e. The summed E-state index contributed by atoms with van der Waals surface area (Å²) in [6.45, 7) is -0.0387. The van der Waals surface area contributed by atoms with Gasteiger partial charge in [-0.1, -0.05) is 36.4 Å². The maximum Gasteiger partial charge on any atom is 0.251 e. The molecule has 2 aromatic rings. The number of carbonyl (C=O) groups excluding carboxylic acids is 1. The van der Waals surface area contributed by atoms with Crippen LogP contribution >= 0.6 is 0 Å². The first kappa shape index (κ1) is 14.2. The second-order valence-electron chi connectivity index (χ2n) is 4.46. The van der Waals surface area contributed by atoms with E-state index in [1.807, 2.05) is 30.3 Å². The molecule has 1 amide bonds. The van der Waals surface area contributed by atoms with Gasteiger partial charge in [-0.05, 0) is 30.2 Å². The maximum atomic E-state index is 13.1. The van der Waals surface area contributed by atoms with Crippen molar-refractivity contribution in [2.75, 3.05) is 6.61 Å². The van der Waals surface area contributed by atoms with E-state index >= 15 is 0 Å². The molecule has 2 rings (SSSR count). The molecule has 20 heavy (non-hydrogen) atoms. The number of carbonyl (C=O) groups is 1. The van der Waals surface area contributed by atoms with Crippen LogP contribution in [0.1, 0.15) is 28.4 Å². The fourth-order valence-corrected chi connectivity index (χ4v) is 2.01. The van der Waals surface area contributed by atoms with E-state index in [4.69, 9.17) is 5.11 Å². The van der Waals surface area contributed by atoms with Crippen molar-refractivity contribution in [1.82, 2.24) is 5.32 Å². The van der Waals surface area contributed by atoms with Gasteiger partial charge in [0, 0.05) is 12.2 Å². The number of aliphatic hydroxyl groups excluding tert-OH is 1. The lowest BCUT2D eigenvalue weighted by Gasteiger charge is -2.18. The minimum atomic E-state index is -0.448. The van der Waals surface area contributed by atoms with Gasteiger partial charge >= 0.3 is 0 Å². The van der Waals surface area contributed by atoms with Crippen LogP contribution in [0.4, 0.5) is 4.39 Å². The Morgan fingerprint density at radius 2 is 1.90 bits per heavy atom. The van der Waals surface area contributed by atoms with Crippen LogP contribution in [0.15, 0.2) is 54.6 Å². The number of aliphatic hydroxyl groups is 1. The van der Waals surface area contributed by atoms with Gasteiger partial charge in [0.05, 0.1) is 6.04 Å². The van der Waals surface area contributed by atoms with Crippen molar-refractivity contribution in [2.24, 2.45) is 0 Å². The van der Waals surface area contributed by atoms with Gasteiger partial charge in [0.2, 0.25) is 0 Å². The van der Waals surface area contributed by atoms with E-state index < -0.39 is 5.82 Å². The Bertz CT molecular complexity index is 572. The Balaban J connectivity index is 2.14. The van der Waals surface area contributed by atoms with E-state index in [0.717, 1.165) is 5.56 Å². The van der Waals surface area contributed by atoms with Gasteiger partial charge in [0.15, 0.2) is 0 Å². The molecule has 0 aromatic heterocycles. The highest BCUT2D eigenvalue weighted by atomic mass is 19.1. The van der Waals surface area contributed by atoms with Crippen LogP contribution in [0.25, 0.3) is 0 Å². The predicted octanol–water partition coefficient (Wildman–Crippen LogP) is 2.68. The molecule has 4 heteroatoms. The number of halogens is 1. The minimum Gasteiger partial charge on any atom is -0.396 e. The lowest BCUT2D eigenvalue weighted by atomic mass is 10.0. The third-order valence-corrected chi connectivity index (χ3v) is 3.01. The molecule has 0 spiro atoms. The van der Waals surface area contributed by atoms with E-state index in [2.05, 4.69) is 5.32 Å². The molecule has 0 fully saturated rings. The molecular formula is C16H16FNO2. The van der Waals surface area contributed by atoms with Crippen molar-refractivity contribution in [3.8, 4) is 0 Å². The molecule has 2 aromatic carbocycles. The van der Waals surface area contributed by atoms with E-state index in [1.54, 1.807) is 6.07 Å². The van der Waals surface area contributed by atoms with Crippen molar-refractivity contribution in [3.63, 3.8) is 0 Å². The molecule has 0 bridgehead atoms. The largest absolute Gasteiger partial charge is 0.396 e. The first-order valence-corrected chi connectivity index (χ1v) is 6.43. The maximum absolute atomic E-state index is 13.1. The standard InChI is InChI=1S/C16H16FNO2/c17-14-8-4-7-13(11-14)16(20)18-15(9-10-19)12-5-2-1-3-6-12/h1-8,11,15,19H,9-10H2,(H,18,20). The predicted molar refractivity (Wildman–Crippen MR) is 74.8 cm³/mol. The minimum absolute atomic E-state index is 0.0387. The van der Waals surface area contributed by atoms with Crippen molar-refractivity contribution >= 4 is 5.91 Å². The quantitative estimate of drug-likeness (QED) is 0.880. The summed E-state index contributed by atoms with van der Waals surface area (Å²) in [7, 11) is 0. The monoisotopic (exact) mass is 273 g/mol. The number of benzene rings is 2. The lowest BCUT2D eigenvalue weighted by molar-refractivity contribution is 0.0929. The zero-order valence-electron chi connectivity index (χ0n) is 10.9. The molecule has 1 unspecified atom stereocenters. The first-order chi connectivity index (χ1) is 9.70. The Kier molecular flexibility index (Phi) is 4.85. The van der Waals surface area contributed by atoms with Gasteiger partial charge in [-0.3, -0.25) is 4.79 Å². The van der Waals surface area contributed by atoms with Crippen LogP contribution in [-0.2, 0) is 0 Å². The summed E-state index contributed by atoms with van der Waals surface area (Å²) in [5, 5.41) is 11.9. The summed E-state index contributed by atoms with van der Waals surface area (Å²) in [6.07, 6.45) is 0.408. The highest BCUT2D eigenvalue weighted by Crippen LogP contribution is 2.17. The normalized spacial score (nSPS) is 11.9. The van der Waals surface area contributed by atoms with Gasteiger partial charge < -0.3 is 10.4 Å². The zero-order chi connectivity index (χ0) is 14.4. The van der Waals surface area contributed by atoms with Crippen LogP contribution in [-0.4, -0.2) is 17.6 Å². The Morgan fingerprint density at radius 3 is 2.55 bits per heavy atom. The van der Waals surface area contributed by atoms with Crippen LogP contribution in [0, 0.1) is 5.82 Å². The fraction of sp³-hybridized carbons (Fsp3) is 0.188. The van der Waals surface area contributed by atoms with E-state index in [0.29, 0.717) is 6.42 Å². The van der Waals surface area contributed by atoms with E-state index in [9.17, 15) is 9.18 Å². The Hall–Kier alpha value is -2.20. The number of rotatable bonds is 5. The molecule has 0 aliphatic rings. The summed E-state index contributed by atoms with van der Waals surface area (Å²) in [5.74, 6) is -0.803. The number of hydrogen-bond acceptors (Lipinski definition) is 2. The average Bonchev–Trinajstić information content (AvgIpc) is 2.47. The number of nitrogens with one attached hydrogen (secondary N) is 1. The van der Waals surface area contributed by atoms with Crippen LogP contribution in [0.5, 0.6) is 0 Å². The molecule has 1 atom stereocenters. The van der Waals surface area contributed by atoms with Gasteiger partial charge in [-0.15, -0.1) is 0 Å². The highest BCUT2D eigenvalue weighted by molar-refractivity contribution is 5.94. The van der Waals surface area contributed by atoms with Gasteiger partial charge in [0.1, 0.15) is 5.82 Å². The summed E-state index contributed by atoms with van der Waals surface area (Å²) in [4.78, 5) is 12.1. The molecule has 0 saturated carbocycles. The fourth-order valence-electron chi connectivity index (χ4n) is 2.01. The van der Waals surface area contributed by atoms with Gasteiger partial charge in [-0.25, -0.2) is 4.39 Å². The van der Waals surface area contributed by atoms with Gasteiger partial charge in [-0.2, -0.15) is 0 Å². The van der Waals surface area contributed by atoms with Crippen molar-refractivity contribution in [1.29, 1.82) is 0 Å². The molecule has 0 aliphatic heterocycles. The second kappa shape index (κ2) is 6.82. The molecule has 104 valence electrons. The third-order valence-electron chi connectivity index (χ3n) is 3.01. The van der Waals surface area contributed by atoms with E-state index in [1.165, 1.54) is 18.2 Å². The SMILES string of the molecule is O=C(NC(CCO)c1ccccc1)c1cccc(F)c1. The molecule has 3 nitrogen and oxygen atoms in total. The Labute approximate surface area is 117 Å². The summed E-state index contributed by atoms with van der Waals surface area (Å²) in [5.41, 5.74) is 1.18. The number of amides is 1. The molecule has 2 N–H and O–H groups in total. The molecule has 0 radical (unpaired) electrons. The molecule has 0 heterocycles. The highest BCUT2D eigenvalue weighted by Gasteiger charge is 2.15. The first-order valence-electron chi connectivity index (χ1n) is 6.43. The summed E-state index contributed by atoms with van der Waals surface area (Å²) in [6, 6.07) is 14.6. The summed E-state index contributed by atoms with van der Waals surface area (Å²) >= 11 is 0. The van der Waals surface area contributed by atoms with Crippen molar-refractivity contribution in [2.45, 2.75) is 12.5 Å². The van der Waals surface area contributed by atoms with Crippen molar-refractivity contribution in [3.05, 3.63) is 71.5 Å². The van der Waals surface area contributed by atoms with Crippen LogP contribution in [0.3, 0.4) is 0 Å². The topological polar surface area (TPSA) is 49.3 Å². The lowest BCUT2D eigenvalue weighted by Crippen LogP contribution is -2.29.